The molecule has 2 bridgehead atoms. The highest BCUT2D eigenvalue weighted by Gasteiger charge is 2.55. The van der Waals surface area contributed by atoms with Crippen molar-refractivity contribution in [2.75, 3.05) is 13.7 Å². The third-order valence-electron chi connectivity index (χ3n) is 8.42. The van der Waals surface area contributed by atoms with Crippen molar-refractivity contribution in [1.29, 1.82) is 0 Å². The summed E-state index contributed by atoms with van der Waals surface area (Å²) in [6.07, 6.45) is 2.99. The van der Waals surface area contributed by atoms with Crippen molar-refractivity contribution >= 4 is 23.7 Å². The number of halogens is 2. The fraction of sp³-hybridized carbons (Fsp3) is 0.483. The van der Waals surface area contributed by atoms with Crippen molar-refractivity contribution < 1.29 is 37.5 Å². The number of hydrogen-bond donors (Lipinski definition) is 1. The van der Waals surface area contributed by atoms with Gasteiger partial charge in [0.1, 0.15) is 17.2 Å². The van der Waals surface area contributed by atoms with Gasteiger partial charge in [0.25, 0.3) is 11.8 Å². The molecule has 1 aromatic heterocycles. The van der Waals surface area contributed by atoms with Crippen molar-refractivity contribution in [2.24, 2.45) is 11.1 Å². The van der Waals surface area contributed by atoms with E-state index in [0.717, 1.165) is 6.07 Å². The molecule has 1 aromatic carbocycles. The second-order valence-corrected chi connectivity index (χ2v) is 11.0. The summed E-state index contributed by atoms with van der Waals surface area (Å²) in [5.74, 6) is -4.58. The molecule has 11 nitrogen and oxygen atoms in total. The average molecular weight is 587 g/mol. The highest BCUT2D eigenvalue weighted by molar-refractivity contribution is 6.00. The van der Waals surface area contributed by atoms with Gasteiger partial charge in [0, 0.05) is 37.0 Å². The van der Waals surface area contributed by atoms with E-state index in [1.165, 1.54) is 23.9 Å². The monoisotopic (exact) mass is 586 g/mol. The number of benzene rings is 1. The average Bonchev–Trinajstić information content (AvgIpc) is 3.35. The minimum absolute atomic E-state index is 0.00244. The molecule has 0 aliphatic carbocycles. The van der Waals surface area contributed by atoms with E-state index >= 15 is 0 Å². The van der Waals surface area contributed by atoms with E-state index in [9.17, 15) is 28.0 Å². The lowest BCUT2D eigenvalue weighted by Crippen LogP contribution is -2.52. The number of fused-ring (bicyclic) bond motifs is 5. The minimum Gasteiger partial charge on any atom is -0.482 e. The summed E-state index contributed by atoms with van der Waals surface area (Å²) in [7, 11) is 1.47. The third kappa shape index (κ3) is 5.01. The maximum absolute atomic E-state index is 14.2. The number of hydrogen-bond acceptors (Lipinski definition) is 8. The summed E-state index contributed by atoms with van der Waals surface area (Å²) in [4.78, 5) is 61.5. The van der Waals surface area contributed by atoms with Crippen LogP contribution < -0.4 is 15.5 Å². The van der Waals surface area contributed by atoms with Gasteiger partial charge in [-0.15, -0.1) is 0 Å². The molecule has 13 heteroatoms. The molecule has 2 amide bonds. The predicted octanol–water partition coefficient (Wildman–Crippen LogP) is 3.31. The summed E-state index contributed by atoms with van der Waals surface area (Å²) in [5, 5.41) is 6.56. The van der Waals surface area contributed by atoms with Gasteiger partial charge >= 0.3 is 5.97 Å². The summed E-state index contributed by atoms with van der Waals surface area (Å²) >= 11 is 0. The van der Waals surface area contributed by atoms with E-state index in [1.54, 1.807) is 18.7 Å². The first-order valence-corrected chi connectivity index (χ1v) is 13.8. The van der Waals surface area contributed by atoms with Crippen LogP contribution in [0.15, 0.2) is 34.3 Å². The molecule has 5 rings (SSSR count). The topological polar surface area (TPSA) is 129 Å². The lowest BCUT2D eigenvalue weighted by atomic mass is 9.85. The largest absolute Gasteiger partial charge is 0.482 e. The Labute approximate surface area is 240 Å². The van der Waals surface area contributed by atoms with Gasteiger partial charge in [-0.2, -0.15) is 0 Å². The van der Waals surface area contributed by atoms with E-state index in [1.807, 2.05) is 6.92 Å². The van der Waals surface area contributed by atoms with Crippen molar-refractivity contribution in [3.63, 3.8) is 0 Å². The molecule has 4 atom stereocenters. The first kappa shape index (κ1) is 29.2. The zero-order valence-corrected chi connectivity index (χ0v) is 23.7. The molecule has 224 valence electrons. The fourth-order valence-electron chi connectivity index (χ4n) is 5.58. The van der Waals surface area contributed by atoms with Crippen molar-refractivity contribution in [1.82, 2.24) is 14.8 Å². The van der Waals surface area contributed by atoms with Gasteiger partial charge in [0.15, 0.2) is 11.3 Å². The zero-order valence-electron chi connectivity index (χ0n) is 23.7. The summed E-state index contributed by atoms with van der Waals surface area (Å²) in [6, 6.07) is 2.05. The van der Waals surface area contributed by atoms with Crippen LogP contribution in [0.2, 0.25) is 0 Å². The number of aromatic nitrogens is 1. The number of carbonyl (C=O) groups is 3. The Morgan fingerprint density at radius 1 is 1.29 bits per heavy atom. The van der Waals surface area contributed by atoms with Crippen molar-refractivity contribution in [3.8, 4) is 5.75 Å². The Morgan fingerprint density at radius 3 is 2.71 bits per heavy atom. The number of oxime groups is 1. The van der Waals surface area contributed by atoms with Crippen LogP contribution in [0, 0.1) is 17.6 Å². The molecule has 0 saturated carbocycles. The van der Waals surface area contributed by atoms with Gasteiger partial charge in [-0.25, -0.2) is 8.78 Å². The molecule has 4 heterocycles. The van der Waals surface area contributed by atoms with E-state index < -0.39 is 63.7 Å². The molecule has 3 aliphatic heterocycles. The molecule has 1 fully saturated rings. The van der Waals surface area contributed by atoms with Crippen LogP contribution >= 0.6 is 0 Å². The molecular weight excluding hydrogens is 554 g/mol. The number of methoxy groups -OCH3 is 1. The Balaban J connectivity index is 1.63. The van der Waals surface area contributed by atoms with Crippen LogP contribution in [0.1, 0.15) is 78.9 Å². The number of amides is 2. The molecule has 3 aliphatic rings. The van der Waals surface area contributed by atoms with Gasteiger partial charge in [0.2, 0.25) is 17.1 Å². The number of nitrogens with zero attached hydrogens (tertiary/aromatic N) is 3. The number of rotatable bonds is 6. The Morgan fingerprint density at radius 2 is 2.05 bits per heavy atom. The van der Waals surface area contributed by atoms with E-state index in [4.69, 9.17) is 14.3 Å². The van der Waals surface area contributed by atoms with Gasteiger partial charge in [-0.05, 0) is 32.3 Å². The summed E-state index contributed by atoms with van der Waals surface area (Å²) in [6.45, 7) is 5.12. The fourth-order valence-corrected chi connectivity index (χ4v) is 5.58. The molecule has 1 unspecified atom stereocenters. The number of ether oxygens (including phenoxy) is 2. The van der Waals surface area contributed by atoms with Crippen molar-refractivity contribution in [3.05, 3.63) is 63.1 Å². The Kier molecular flexibility index (Phi) is 7.78. The number of nitrogens with one attached hydrogen (secondary N) is 1. The predicted molar refractivity (Wildman–Crippen MR) is 145 cm³/mol. The first-order chi connectivity index (χ1) is 20.0. The van der Waals surface area contributed by atoms with Gasteiger partial charge in [-0.1, -0.05) is 25.1 Å². The molecule has 1 saturated heterocycles. The standard InChI is InChI=1S/C29H32F2N4O7/c1-5-15(2)28(39)41-25-23-27(38)34-14-21(29(9-8-16(34)3)11-22(40-4)33-42-29)35(23)13-19(24(25)36)26(37)32-12-17-6-7-18(30)10-20(17)31/h6-7,10,13,15-16,21H,5,8-9,11-12,14H2,1-4H3,(H,32,37)/t15?,16-,21+,29-/m0/s1. The normalized spacial score (nSPS) is 23.4. The lowest BCUT2D eigenvalue weighted by Gasteiger charge is -2.42. The highest BCUT2D eigenvalue weighted by atomic mass is 19.1. The summed E-state index contributed by atoms with van der Waals surface area (Å²) in [5.41, 5.74) is -2.53. The third-order valence-corrected chi connectivity index (χ3v) is 8.42. The van der Waals surface area contributed by atoms with Gasteiger partial charge in [-0.3, -0.25) is 19.2 Å². The van der Waals surface area contributed by atoms with Crippen LogP contribution in [-0.2, 0) is 20.9 Å². The van der Waals surface area contributed by atoms with Crippen molar-refractivity contribution in [2.45, 2.75) is 70.7 Å². The van der Waals surface area contributed by atoms with Crippen LogP contribution in [0.5, 0.6) is 5.75 Å². The van der Waals surface area contributed by atoms with Gasteiger partial charge < -0.3 is 29.1 Å². The van der Waals surface area contributed by atoms with E-state index in [2.05, 4.69) is 10.5 Å². The quantitative estimate of drug-likeness (QED) is 0.515. The highest BCUT2D eigenvalue weighted by Crippen LogP contribution is 2.46. The SMILES string of the molecule is CCC(C)C(=O)Oc1c2n(cc(C(=O)NCc3ccc(F)cc3F)c1=O)[C@@H]1CN(C2=O)[C@@H](C)CC[C@]12CC(OC)=NO2. The second-order valence-electron chi connectivity index (χ2n) is 11.0. The molecule has 2 aromatic rings. The van der Waals surface area contributed by atoms with Crippen LogP contribution in [-0.4, -0.2) is 58.4 Å². The van der Waals surface area contributed by atoms with Crippen LogP contribution in [0.4, 0.5) is 8.78 Å². The number of carbonyl (C=O) groups excluding carboxylic acids is 3. The maximum Gasteiger partial charge on any atom is 0.314 e. The van der Waals surface area contributed by atoms with E-state index in [0.29, 0.717) is 31.2 Å². The second kappa shape index (κ2) is 11.2. The Hall–Kier alpha value is -4.29. The molecule has 1 spiro atoms. The zero-order chi connectivity index (χ0) is 30.3. The van der Waals surface area contributed by atoms with Crippen LogP contribution in [0.3, 0.4) is 0 Å². The summed E-state index contributed by atoms with van der Waals surface area (Å²) < 4.78 is 40.0. The first-order valence-electron chi connectivity index (χ1n) is 13.8. The Bertz CT molecular complexity index is 1540. The number of pyridine rings is 1. The molecule has 1 N–H and O–H groups in total. The minimum atomic E-state index is -0.970. The van der Waals surface area contributed by atoms with Crippen LogP contribution in [0.25, 0.3) is 0 Å². The maximum atomic E-state index is 14.2. The van der Waals surface area contributed by atoms with Gasteiger partial charge in [0.05, 0.1) is 25.5 Å². The molecule has 0 radical (unpaired) electrons. The number of esters is 1. The smallest absolute Gasteiger partial charge is 0.314 e. The molecule has 42 heavy (non-hydrogen) atoms. The lowest BCUT2D eigenvalue weighted by molar-refractivity contribution is -0.138. The van der Waals surface area contributed by atoms with E-state index in [-0.39, 0.29) is 36.8 Å². The molecular formula is C29H32F2N4O7.